The lowest BCUT2D eigenvalue weighted by Crippen LogP contribution is -2.03. The maximum absolute atomic E-state index is 12.3. The van der Waals surface area contributed by atoms with Gasteiger partial charge in [-0.3, -0.25) is 4.79 Å². The minimum atomic E-state index is -0.282. The van der Waals surface area contributed by atoms with Crippen molar-refractivity contribution in [3.8, 4) is 17.2 Å². The summed E-state index contributed by atoms with van der Waals surface area (Å²) in [6, 6.07) is 11.7. The Hall–Kier alpha value is -2.49. The van der Waals surface area contributed by atoms with Crippen molar-refractivity contribution < 1.29 is 19.4 Å². The molecule has 0 aliphatic carbocycles. The largest absolute Gasteiger partial charge is 0.504 e. The monoisotopic (exact) mass is 258 g/mol. The van der Waals surface area contributed by atoms with Gasteiger partial charge in [-0.2, -0.15) is 0 Å². The summed E-state index contributed by atoms with van der Waals surface area (Å²) in [5.41, 5.74) is 0.649. The van der Waals surface area contributed by atoms with E-state index in [9.17, 15) is 9.90 Å². The number of hydrogen-bond acceptors (Lipinski definition) is 4. The van der Waals surface area contributed by atoms with Gasteiger partial charge >= 0.3 is 0 Å². The molecule has 19 heavy (non-hydrogen) atoms. The van der Waals surface area contributed by atoms with E-state index in [1.54, 1.807) is 24.3 Å². The average molecular weight is 258 g/mol. The molecule has 98 valence electrons. The van der Waals surface area contributed by atoms with Crippen LogP contribution in [0, 0.1) is 0 Å². The van der Waals surface area contributed by atoms with Crippen LogP contribution in [0.2, 0.25) is 0 Å². The molecule has 1 N–H and O–H groups in total. The molecule has 0 amide bonds. The Balaban J connectivity index is 2.53. The second-order valence-electron chi connectivity index (χ2n) is 3.92. The third-order valence-electron chi connectivity index (χ3n) is 2.78. The fraction of sp³-hybridized carbons (Fsp3) is 0.133. The van der Waals surface area contributed by atoms with Crippen LogP contribution in [0.1, 0.15) is 15.9 Å². The van der Waals surface area contributed by atoms with Crippen molar-refractivity contribution in [2.45, 2.75) is 0 Å². The van der Waals surface area contributed by atoms with Crippen molar-refractivity contribution >= 4 is 5.78 Å². The number of methoxy groups -OCH3 is 2. The van der Waals surface area contributed by atoms with Gasteiger partial charge in [0.1, 0.15) is 5.75 Å². The van der Waals surface area contributed by atoms with E-state index in [-0.39, 0.29) is 22.8 Å². The van der Waals surface area contributed by atoms with Crippen molar-refractivity contribution in [2.24, 2.45) is 0 Å². The highest BCUT2D eigenvalue weighted by Crippen LogP contribution is 2.35. The van der Waals surface area contributed by atoms with Crippen LogP contribution in [0.25, 0.3) is 0 Å². The molecule has 0 aromatic heterocycles. The van der Waals surface area contributed by atoms with Crippen molar-refractivity contribution in [3.05, 3.63) is 53.6 Å². The van der Waals surface area contributed by atoms with Crippen LogP contribution in [-0.2, 0) is 0 Å². The summed E-state index contributed by atoms with van der Waals surface area (Å²) in [7, 11) is 2.91. The molecule has 0 fully saturated rings. The molecule has 0 heterocycles. The van der Waals surface area contributed by atoms with E-state index in [4.69, 9.17) is 9.47 Å². The second-order valence-corrected chi connectivity index (χ2v) is 3.92. The molecule has 0 radical (unpaired) electrons. The molecule has 0 saturated carbocycles. The fourth-order valence-corrected chi connectivity index (χ4v) is 1.77. The van der Waals surface area contributed by atoms with Crippen LogP contribution in [0.4, 0.5) is 0 Å². The molecule has 2 rings (SSSR count). The van der Waals surface area contributed by atoms with Crippen molar-refractivity contribution in [1.82, 2.24) is 0 Å². The Bertz CT molecular complexity index is 591. The van der Waals surface area contributed by atoms with Gasteiger partial charge in [-0.1, -0.05) is 30.3 Å². The van der Waals surface area contributed by atoms with E-state index < -0.39 is 0 Å². The quantitative estimate of drug-likeness (QED) is 0.856. The highest BCUT2D eigenvalue weighted by molar-refractivity contribution is 6.11. The first-order valence-corrected chi connectivity index (χ1v) is 5.72. The van der Waals surface area contributed by atoms with Crippen LogP contribution in [0.15, 0.2) is 42.5 Å². The Labute approximate surface area is 111 Å². The van der Waals surface area contributed by atoms with Crippen molar-refractivity contribution in [3.63, 3.8) is 0 Å². The molecule has 2 aromatic carbocycles. The summed E-state index contributed by atoms with van der Waals surface area (Å²) in [5.74, 6) is 0.194. The molecule has 0 unspecified atom stereocenters. The highest BCUT2D eigenvalue weighted by Gasteiger charge is 2.18. The average Bonchev–Trinajstić information content (AvgIpc) is 2.47. The molecule has 0 atom stereocenters. The summed E-state index contributed by atoms with van der Waals surface area (Å²) in [4.78, 5) is 12.3. The van der Waals surface area contributed by atoms with Crippen LogP contribution >= 0.6 is 0 Å². The number of benzene rings is 2. The molecular formula is C15H14O4. The SMILES string of the molecule is COc1cc(OC)c(O)c(C(=O)c2ccccc2)c1. The molecule has 2 aromatic rings. The van der Waals surface area contributed by atoms with Gasteiger partial charge < -0.3 is 14.6 Å². The summed E-state index contributed by atoms with van der Waals surface area (Å²) in [5, 5.41) is 10.0. The van der Waals surface area contributed by atoms with Gasteiger partial charge in [-0.05, 0) is 6.07 Å². The normalized spacial score (nSPS) is 10.0. The van der Waals surface area contributed by atoms with E-state index >= 15 is 0 Å². The molecule has 0 saturated heterocycles. The zero-order chi connectivity index (χ0) is 13.8. The number of phenols is 1. The van der Waals surface area contributed by atoms with Gasteiger partial charge in [0.2, 0.25) is 0 Å². The summed E-state index contributed by atoms with van der Waals surface area (Å²) in [6.07, 6.45) is 0. The van der Waals surface area contributed by atoms with Crippen molar-refractivity contribution in [1.29, 1.82) is 0 Å². The summed E-state index contributed by atoms with van der Waals surface area (Å²) in [6.45, 7) is 0. The Kier molecular flexibility index (Phi) is 3.71. The number of ether oxygens (including phenoxy) is 2. The second kappa shape index (κ2) is 5.44. The Morgan fingerprint density at radius 3 is 2.32 bits per heavy atom. The Morgan fingerprint density at radius 2 is 1.74 bits per heavy atom. The van der Waals surface area contributed by atoms with Crippen LogP contribution in [0.3, 0.4) is 0 Å². The standard InChI is InChI=1S/C15H14O4/c1-18-11-8-12(15(17)13(9-11)19-2)14(16)10-6-4-3-5-7-10/h3-9,17H,1-2H3. The van der Waals surface area contributed by atoms with E-state index in [0.29, 0.717) is 11.3 Å². The van der Waals surface area contributed by atoms with Gasteiger partial charge in [0.15, 0.2) is 17.3 Å². The van der Waals surface area contributed by atoms with Gasteiger partial charge in [-0.25, -0.2) is 0 Å². The third-order valence-corrected chi connectivity index (χ3v) is 2.78. The molecule has 4 nitrogen and oxygen atoms in total. The van der Waals surface area contributed by atoms with Crippen LogP contribution in [-0.4, -0.2) is 25.1 Å². The minimum Gasteiger partial charge on any atom is -0.504 e. The number of ketones is 1. The highest BCUT2D eigenvalue weighted by atomic mass is 16.5. The number of rotatable bonds is 4. The van der Waals surface area contributed by atoms with Gasteiger partial charge in [-0.15, -0.1) is 0 Å². The summed E-state index contributed by atoms with van der Waals surface area (Å²) < 4.78 is 10.1. The molecule has 0 aliphatic heterocycles. The minimum absolute atomic E-state index is 0.155. The molecule has 0 bridgehead atoms. The zero-order valence-corrected chi connectivity index (χ0v) is 10.7. The first-order valence-electron chi connectivity index (χ1n) is 5.72. The van der Waals surface area contributed by atoms with Gasteiger partial charge in [0.25, 0.3) is 0 Å². The first-order chi connectivity index (χ1) is 9.17. The lowest BCUT2D eigenvalue weighted by Gasteiger charge is -2.11. The summed E-state index contributed by atoms with van der Waals surface area (Å²) >= 11 is 0. The van der Waals surface area contributed by atoms with Gasteiger partial charge in [0, 0.05) is 11.6 Å². The van der Waals surface area contributed by atoms with Crippen LogP contribution < -0.4 is 9.47 Å². The van der Waals surface area contributed by atoms with Crippen molar-refractivity contribution in [2.75, 3.05) is 14.2 Å². The molecule has 0 spiro atoms. The number of hydrogen-bond donors (Lipinski definition) is 1. The van der Waals surface area contributed by atoms with Gasteiger partial charge in [0.05, 0.1) is 19.8 Å². The first kappa shape index (κ1) is 13.0. The fourth-order valence-electron chi connectivity index (χ4n) is 1.77. The number of aromatic hydroxyl groups is 1. The maximum Gasteiger partial charge on any atom is 0.197 e. The number of carbonyl (C=O) groups is 1. The number of phenolic OH excluding ortho intramolecular Hbond substituents is 1. The van der Waals surface area contributed by atoms with E-state index in [1.807, 2.05) is 6.07 Å². The predicted octanol–water partition coefficient (Wildman–Crippen LogP) is 2.64. The molecule has 4 heteroatoms. The third kappa shape index (κ3) is 2.52. The maximum atomic E-state index is 12.3. The molecule has 0 aliphatic rings. The number of carbonyl (C=O) groups excluding carboxylic acids is 1. The van der Waals surface area contributed by atoms with E-state index in [2.05, 4.69) is 0 Å². The lowest BCUT2D eigenvalue weighted by atomic mass is 10.0. The lowest BCUT2D eigenvalue weighted by molar-refractivity contribution is 0.103. The van der Waals surface area contributed by atoms with Crippen LogP contribution in [0.5, 0.6) is 17.2 Å². The topological polar surface area (TPSA) is 55.8 Å². The molecular weight excluding hydrogens is 244 g/mol. The van der Waals surface area contributed by atoms with E-state index in [0.717, 1.165) is 0 Å². The van der Waals surface area contributed by atoms with E-state index in [1.165, 1.54) is 26.4 Å². The smallest absolute Gasteiger partial charge is 0.197 e. The zero-order valence-electron chi connectivity index (χ0n) is 10.7. The predicted molar refractivity (Wildman–Crippen MR) is 71.1 cm³/mol. The Morgan fingerprint density at radius 1 is 1.05 bits per heavy atom.